The number of ether oxygens (including phenoxy) is 2. The van der Waals surface area contributed by atoms with E-state index in [0.717, 1.165) is 23.5 Å². The Kier molecular flexibility index (Phi) is 5.30. The van der Waals surface area contributed by atoms with Gasteiger partial charge in [-0.25, -0.2) is 9.78 Å². The lowest BCUT2D eigenvalue weighted by molar-refractivity contribution is 0.0493. The second-order valence-corrected chi connectivity index (χ2v) is 6.64. The van der Waals surface area contributed by atoms with Crippen LogP contribution in [0.25, 0.3) is 0 Å². The molecule has 7 nitrogen and oxygen atoms in total. The van der Waals surface area contributed by atoms with E-state index in [4.69, 9.17) is 14.6 Å². The van der Waals surface area contributed by atoms with Crippen molar-refractivity contribution in [1.29, 1.82) is 0 Å². The van der Waals surface area contributed by atoms with Gasteiger partial charge in [0.1, 0.15) is 17.2 Å². The van der Waals surface area contributed by atoms with Crippen molar-refractivity contribution in [2.24, 2.45) is 5.92 Å². The third-order valence-corrected chi connectivity index (χ3v) is 4.72. The van der Waals surface area contributed by atoms with Gasteiger partial charge in [0.15, 0.2) is 0 Å². The molecule has 0 radical (unpaired) electrons. The lowest BCUT2D eigenvalue weighted by atomic mass is 9.91. The zero-order valence-corrected chi connectivity index (χ0v) is 15.6. The fraction of sp³-hybridized carbons (Fsp3) is 0.350. The minimum absolute atomic E-state index is 0.111. The first-order chi connectivity index (χ1) is 12.9. The molecule has 3 rings (SSSR count). The number of hydrogen-bond donors (Lipinski definition) is 1. The van der Waals surface area contributed by atoms with Crippen LogP contribution in [0.15, 0.2) is 30.3 Å². The van der Waals surface area contributed by atoms with E-state index in [1.54, 1.807) is 26.0 Å². The summed E-state index contributed by atoms with van der Waals surface area (Å²) >= 11 is 0. The molecule has 0 spiro atoms. The molecule has 1 aromatic carbocycles. The standard InChI is InChI=1S/C20H22N2O5/c1-12-17(20(24)25)4-5-18(21-12)19(23)22-10-14(11-22)6-13-7-15(26-2)9-16(8-13)27-3/h4-5,7-9,14H,6,10-11H2,1-3H3,(H,24,25). The van der Waals surface area contributed by atoms with Crippen LogP contribution in [0, 0.1) is 12.8 Å². The maximum absolute atomic E-state index is 12.5. The zero-order valence-electron chi connectivity index (χ0n) is 15.6. The van der Waals surface area contributed by atoms with Gasteiger partial charge >= 0.3 is 5.97 Å². The molecule has 1 fully saturated rings. The zero-order chi connectivity index (χ0) is 19.6. The highest BCUT2D eigenvalue weighted by Gasteiger charge is 2.32. The number of carbonyl (C=O) groups is 2. The number of aromatic nitrogens is 1. The maximum atomic E-state index is 12.5. The fourth-order valence-electron chi connectivity index (χ4n) is 3.25. The summed E-state index contributed by atoms with van der Waals surface area (Å²) < 4.78 is 10.6. The molecule has 7 heteroatoms. The fourth-order valence-corrected chi connectivity index (χ4v) is 3.25. The maximum Gasteiger partial charge on any atom is 0.337 e. The Morgan fingerprint density at radius 2 is 1.78 bits per heavy atom. The predicted molar refractivity (Wildman–Crippen MR) is 98.6 cm³/mol. The summed E-state index contributed by atoms with van der Waals surface area (Å²) in [5.74, 6) is 0.626. The van der Waals surface area contributed by atoms with Crippen LogP contribution in [0.5, 0.6) is 11.5 Å². The van der Waals surface area contributed by atoms with Crippen molar-refractivity contribution in [2.45, 2.75) is 13.3 Å². The van der Waals surface area contributed by atoms with Crippen LogP contribution in [0.3, 0.4) is 0 Å². The van der Waals surface area contributed by atoms with Crippen molar-refractivity contribution in [3.8, 4) is 11.5 Å². The normalized spacial score (nSPS) is 13.8. The molecular formula is C20H22N2O5. The average molecular weight is 370 g/mol. The van der Waals surface area contributed by atoms with Gasteiger partial charge in [0.05, 0.1) is 25.5 Å². The van der Waals surface area contributed by atoms with Crippen molar-refractivity contribution in [3.05, 3.63) is 52.8 Å². The van der Waals surface area contributed by atoms with Crippen LogP contribution in [-0.2, 0) is 6.42 Å². The third-order valence-electron chi connectivity index (χ3n) is 4.72. The number of carboxylic acid groups (broad SMARTS) is 1. The van der Waals surface area contributed by atoms with Gasteiger partial charge in [-0.15, -0.1) is 0 Å². The minimum atomic E-state index is -1.04. The predicted octanol–water partition coefficient (Wildman–Crippen LogP) is 2.42. The summed E-state index contributed by atoms with van der Waals surface area (Å²) in [7, 11) is 3.24. The first-order valence-electron chi connectivity index (χ1n) is 8.63. The number of carbonyl (C=O) groups excluding carboxylic acids is 1. The Labute approximate surface area is 157 Å². The minimum Gasteiger partial charge on any atom is -0.497 e. The van der Waals surface area contributed by atoms with Gasteiger partial charge in [0.2, 0.25) is 0 Å². The number of aryl methyl sites for hydroxylation is 1. The monoisotopic (exact) mass is 370 g/mol. The molecule has 1 aliphatic heterocycles. The summed E-state index contributed by atoms with van der Waals surface area (Å²) in [4.78, 5) is 29.5. The van der Waals surface area contributed by atoms with Crippen LogP contribution >= 0.6 is 0 Å². The molecule has 1 saturated heterocycles. The Morgan fingerprint density at radius 3 is 2.30 bits per heavy atom. The highest BCUT2D eigenvalue weighted by Crippen LogP contribution is 2.27. The van der Waals surface area contributed by atoms with E-state index < -0.39 is 5.97 Å². The SMILES string of the molecule is COc1cc(CC2CN(C(=O)c3ccc(C(=O)O)c(C)n3)C2)cc(OC)c1. The number of nitrogens with zero attached hydrogens (tertiary/aromatic N) is 2. The summed E-state index contributed by atoms with van der Waals surface area (Å²) in [5.41, 5.74) is 1.83. The van der Waals surface area contributed by atoms with Crippen LogP contribution in [-0.4, -0.2) is 54.2 Å². The summed E-state index contributed by atoms with van der Waals surface area (Å²) in [6, 6.07) is 8.68. The smallest absolute Gasteiger partial charge is 0.337 e. The van der Waals surface area contributed by atoms with E-state index in [0.29, 0.717) is 24.7 Å². The molecule has 2 heterocycles. The first kappa shape index (κ1) is 18.7. The highest BCUT2D eigenvalue weighted by atomic mass is 16.5. The van der Waals surface area contributed by atoms with Crippen molar-refractivity contribution in [2.75, 3.05) is 27.3 Å². The molecule has 1 amide bonds. The molecular weight excluding hydrogens is 348 g/mol. The molecule has 1 aromatic heterocycles. The van der Waals surface area contributed by atoms with Gasteiger partial charge in [-0.1, -0.05) is 0 Å². The Bertz CT molecular complexity index is 852. The van der Waals surface area contributed by atoms with Gasteiger partial charge in [0.25, 0.3) is 5.91 Å². The molecule has 1 N–H and O–H groups in total. The topological polar surface area (TPSA) is 89.0 Å². The lowest BCUT2D eigenvalue weighted by Crippen LogP contribution is -2.51. The van der Waals surface area contributed by atoms with Crippen LogP contribution in [0.4, 0.5) is 0 Å². The van der Waals surface area contributed by atoms with Gasteiger partial charge in [-0.05, 0) is 49.1 Å². The number of hydrogen-bond acceptors (Lipinski definition) is 5. The highest BCUT2D eigenvalue weighted by molar-refractivity contribution is 5.94. The molecule has 0 atom stereocenters. The van der Waals surface area contributed by atoms with Gasteiger partial charge in [0, 0.05) is 19.2 Å². The molecule has 0 bridgehead atoms. The van der Waals surface area contributed by atoms with Crippen LogP contribution in [0.1, 0.15) is 32.1 Å². The van der Waals surface area contributed by atoms with E-state index in [1.807, 2.05) is 18.2 Å². The molecule has 0 unspecified atom stereocenters. The molecule has 2 aromatic rings. The third kappa shape index (κ3) is 4.02. The number of aromatic carboxylic acids is 1. The molecule has 0 aliphatic carbocycles. The second-order valence-electron chi connectivity index (χ2n) is 6.64. The first-order valence-corrected chi connectivity index (χ1v) is 8.63. The summed E-state index contributed by atoms with van der Waals surface area (Å²) in [6.07, 6.45) is 0.821. The van der Waals surface area contributed by atoms with E-state index in [-0.39, 0.29) is 17.2 Å². The van der Waals surface area contributed by atoms with E-state index in [9.17, 15) is 9.59 Å². The quantitative estimate of drug-likeness (QED) is 0.840. The van der Waals surface area contributed by atoms with Crippen molar-refractivity contribution in [1.82, 2.24) is 9.88 Å². The Hall–Kier alpha value is -3.09. The van der Waals surface area contributed by atoms with Gasteiger partial charge in [-0.2, -0.15) is 0 Å². The van der Waals surface area contributed by atoms with Crippen LogP contribution in [0.2, 0.25) is 0 Å². The van der Waals surface area contributed by atoms with Crippen LogP contribution < -0.4 is 9.47 Å². The number of benzene rings is 1. The van der Waals surface area contributed by atoms with E-state index >= 15 is 0 Å². The molecule has 142 valence electrons. The number of pyridine rings is 1. The van der Waals surface area contributed by atoms with E-state index in [1.165, 1.54) is 12.1 Å². The number of amides is 1. The van der Waals surface area contributed by atoms with Crippen molar-refractivity contribution in [3.63, 3.8) is 0 Å². The Balaban J connectivity index is 1.62. The second kappa shape index (κ2) is 7.65. The Morgan fingerprint density at radius 1 is 1.15 bits per heavy atom. The van der Waals surface area contributed by atoms with Crippen molar-refractivity contribution >= 4 is 11.9 Å². The van der Waals surface area contributed by atoms with E-state index in [2.05, 4.69) is 4.98 Å². The van der Waals surface area contributed by atoms with Gasteiger partial charge < -0.3 is 19.5 Å². The summed E-state index contributed by atoms with van der Waals surface area (Å²) in [6.45, 7) is 2.87. The summed E-state index contributed by atoms with van der Waals surface area (Å²) in [5, 5.41) is 9.06. The number of carboxylic acids is 1. The lowest BCUT2D eigenvalue weighted by Gasteiger charge is -2.39. The average Bonchev–Trinajstić information content (AvgIpc) is 2.63. The number of rotatable bonds is 6. The molecule has 0 saturated carbocycles. The van der Waals surface area contributed by atoms with Crippen molar-refractivity contribution < 1.29 is 24.2 Å². The number of likely N-dealkylation sites (tertiary alicyclic amines) is 1. The largest absolute Gasteiger partial charge is 0.497 e. The molecule has 27 heavy (non-hydrogen) atoms. The number of methoxy groups -OCH3 is 2. The molecule has 1 aliphatic rings. The van der Waals surface area contributed by atoms with Gasteiger partial charge in [-0.3, -0.25) is 4.79 Å².